The second-order valence-corrected chi connectivity index (χ2v) is 6.48. The highest BCUT2D eigenvalue weighted by atomic mass is 35.5. The number of nitrogens with one attached hydrogen (secondary N) is 2. The molecular formula is C15H23Cl2N3OS. The molecule has 0 saturated carbocycles. The number of carbonyl (C=O) groups excluding carboxylic acids is 1. The number of hydrogen-bond donors (Lipinski definition) is 2. The fourth-order valence-corrected chi connectivity index (χ4v) is 3.68. The topological polar surface area (TPSA) is 44.4 Å². The zero-order valence-corrected chi connectivity index (χ0v) is 14.9. The van der Waals surface area contributed by atoms with Crippen molar-refractivity contribution in [2.45, 2.75) is 6.42 Å². The highest BCUT2D eigenvalue weighted by Gasteiger charge is 2.14. The Morgan fingerprint density at radius 3 is 2.82 bits per heavy atom. The summed E-state index contributed by atoms with van der Waals surface area (Å²) in [6.45, 7) is 4.96. The fourth-order valence-electron chi connectivity index (χ4n) is 2.70. The lowest BCUT2D eigenvalue weighted by atomic mass is 10.1. The molecule has 7 heteroatoms. The summed E-state index contributed by atoms with van der Waals surface area (Å²) < 4.78 is 0. The van der Waals surface area contributed by atoms with Crippen LogP contribution in [0.2, 0.25) is 0 Å². The highest BCUT2D eigenvalue weighted by molar-refractivity contribution is 7.99. The molecule has 1 aromatic carbocycles. The van der Waals surface area contributed by atoms with Gasteiger partial charge in [0.1, 0.15) is 0 Å². The lowest BCUT2D eigenvalue weighted by Gasteiger charge is -2.26. The number of amides is 1. The van der Waals surface area contributed by atoms with Gasteiger partial charge in [0.05, 0.1) is 0 Å². The molecule has 0 bridgehead atoms. The van der Waals surface area contributed by atoms with Crippen molar-refractivity contribution in [2.24, 2.45) is 0 Å². The number of halogens is 2. The van der Waals surface area contributed by atoms with Gasteiger partial charge in [0.25, 0.3) is 5.91 Å². The maximum absolute atomic E-state index is 12.1. The van der Waals surface area contributed by atoms with Crippen molar-refractivity contribution in [3.05, 3.63) is 29.3 Å². The van der Waals surface area contributed by atoms with Gasteiger partial charge in [-0.1, -0.05) is 0 Å². The van der Waals surface area contributed by atoms with E-state index in [0.29, 0.717) is 0 Å². The number of nitrogens with zero attached hydrogens (tertiary/aromatic N) is 1. The minimum Gasteiger partial charge on any atom is -0.384 e. The summed E-state index contributed by atoms with van der Waals surface area (Å²) in [7, 11) is 0. The molecule has 1 saturated heterocycles. The number of rotatable bonds is 4. The third-order valence-electron chi connectivity index (χ3n) is 3.89. The molecule has 3 rings (SSSR count). The molecule has 0 atom stereocenters. The van der Waals surface area contributed by atoms with Crippen LogP contribution in [-0.4, -0.2) is 55.0 Å². The van der Waals surface area contributed by atoms with E-state index in [2.05, 4.69) is 15.5 Å². The van der Waals surface area contributed by atoms with Crippen LogP contribution in [0.4, 0.5) is 5.69 Å². The van der Waals surface area contributed by atoms with Crippen molar-refractivity contribution < 1.29 is 4.79 Å². The summed E-state index contributed by atoms with van der Waals surface area (Å²) in [6.07, 6.45) is 1.02. The van der Waals surface area contributed by atoms with Crippen LogP contribution in [0.3, 0.4) is 0 Å². The molecule has 0 aliphatic carbocycles. The molecule has 22 heavy (non-hydrogen) atoms. The summed E-state index contributed by atoms with van der Waals surface area (Å²) >= 11 is 2.01. The Labute approximate surface area is 148 Å². The fraction of sp³-hybridized carbons (Fsp3) is 0.533. The maximum atomic E-state index is 12.1. The average Bonchev–Trinajstić information content (AvgIpc) is 2.95. The van der Waals surface area contributed by atoms with Gasteiger partial charge in [-0.3, -0.25) is 9.69 Å². The summed E-state index contributed by atoms with van der Waals surface area (Å²) in [6, 6.07) is 5.94. The molecule has 1 aromatic rings. The van der Waals surface area contributed by atoms with E-state index >= 15 is 0 Å². The van der Waals surface area contributed by atoms with Crippen LogP contribution >= 0.6 is 36.6 Å². The first-order valence-electron chi connectivity index (χ1n) is 7.28. The molecular weight excluding hydrogens is 341 g/mol. The van der Waals surface area contributed by atoms with Gasteiger partial charge in [-0.25, -0.2) is 0 Å². The minimum absolute atomic E-state index is 0. The standard InChI is InChI=1S/C15H21N3OS.2ClH/c19-15(17-5-6-18-7-9-20-10-8-18)13-1-2-14-12(11-13)3-4-16-14;;/h1-2,11,16H,3-10H2,(H,17,19);2*1H. The van der Waals surface area contributed by atoms with E-state index in [1.807, 2.05) is 30.0 Å². The molecule has 1 fully saturated rings. The van der Waals surface area contributed by atoms with Gasteiger partial charge in [-0.05, 0) is 30.2 Å². The second-order valence-electron chi connectivity index (χ2n) is 5.26. The van der Waals surface area contributed by atoms with Crippen molar-refractivity contribution in [2.75, 3.05) is 49.5 Å². The van der Waals surface area contributed by atoms with Crippen LogP contribution in [-0.2, 0) is 6.42 Å². The van der Waals surface area contributed by atoms with Gasteiger partial charge in [-0.2, -0.15) is 11.8 Å². The van der Waals surface area contributed by atoms with Crippen molar-refractivity contribution in [1.29, 1.82) is 0 Å². The predicted octanol–water partition coefficient (Wildman–Crippen LogP) is 2.28. The summed E-state index contributed by atoms with van der Waals surface area (Å²) in [5.41, 5.74) is 3.21. The van der Waals surface area contributed by atoms with E-state index in [9.17, 15) is 4.79 Å². The van der Waals surface area contributed by atoms with Gasteiger partial charge in [0.2, 0.25) is 0 Å². The van der Waals surface area contributed by atoms with Crippen LogP contribution in [0.25, 0.3) is 0 Å². The van der Waals surface area contributed by atoms with E-state index in [1.165, 1.54) is 22.8 Å². The molecule has 124 valence electrons. The Balaban J connectivity index is 0.00000121. The van der Waals surface area contributed by atoms with Crippen molar-refractivity contribution >= 4 is 48.2 Å². The van der Waals surface area contributed by atoms with Crippen molar-refractivity contribution in [1.82, 2.24) is 10.2 Å². The molecule has 1 amide bonds. The highest BCUT2D eigenvalue weighted by Crippen LogP contribution is 2.22. The Hall–Kier alpha value is -0.620. The molecule has 0 aromatic heterocycles. The van der Waals surface area contributed by atoms with Gasteiger partial charge < -0.3 is 10.6 Å². The Bertz CT molecular complexity index is 496. The molecule has 2 heterocycles. The van der Waals surface area contributed by atoms with Gasteiger partial charge in [0.15, 0.2) is 0 Å². The molecule has 2 aliphatic heterocycles. The molecule has 4 nitrogen and oxygen atoms in total. The van der Waals surface area contributed by atoms with E-state index in [1.54, 1.807) is 0 Å². The third kappa shape index (κ3) is 4.95. The number of hydrogen-bond acceptors (Lipinski definition) is 4. The zero-order chi connectivity index (χ0) is 13.8. The van der Waals surface area contributed by atoms with Gasteiger partial charge in [0, 0.05) is 55.5 Å². The molecule has 0 spiro atoms. The SMILES string of the molecule is Cl.Cl.O=C(NCCN1CCSCC1)c1ccc2c(c1)CCN2. The number of benzene rings is 1. The lowest BCUT2D eigenvalue weighted by Crippen LogP contribution is -2.39. The Morgan fingerprint density at radius 1 is 1.27 bits per heavy atom. The van der Waals surface area contributed by atoms with Crippen LogP contribution in [0.1, 0.15) is 15.9 Å². The second kappa shape index (κ2) is 9.50. The first-order valence-corrected chi connectivity index (χ1v) is 8.43. The first kappa shape index (κ1) is 19.4. The van der Waals surface area contributed by atoms with E-state index in [4.69, 9.17) is 0 Å². The van der Waals surface area contributed by atoms with Crippen molar-refractivity contribution in [3.8, 4) is 0 Å². The number of anilines is 1. The Kier molecular flexibility index (Phi) is 8.39. The van der Waals surface area contributed by atoms with Crippen LogP contribution in [0, 0.1) is 0 Å². The Morgan fingerprint density at radius 2 is 2.05 bits per heavy atom. The van der Waals surface area contributed by atoms with E-state index in [-0.39, 0.29) is 30.7 Å². The van der Waals surface area contributed by atoms with Crippen molar-refractivity contribution in [3.63, 3.8) is 0 Å². The zero-order valence-electron chi connectivity index (χ0n) is 12.5. The van der Waals surface area contributed by atoms with E-state index in [0.717, 1.165) is 44.7 Å². The number of fused-ring (bicyclic) bond motifs is 1. The molecule has 2 N–H and O–H groups in total. The minimum atomic E-state index is 0. The third-order valence-corrected chi connectivity index (χ3v) is 4.84. The number of thioether (sulfide) groups is 1. The molecule has 0 radical (unpaired) electrons. The summed E-state index contributed by atoms with van der Waals surface area (Å²) in [5, 5.41) is 6.34. The molecule has 0 unspecified atom stereocenters. The van der Waals surface area contributed by atoms with Crippen LogP contribution < -0.4 is 10.6 Å². The maximum Gasteiger partial charge on any atom is 0.251 e. The first-order chi connectivity index (χ1) is 9.83. The largest absolute Gasteiger partial charge is 0.384 e. The summed E-state index contributed by atoms with van der Waals surface area (Å²) in [5.74, 6) is 2.48. The average molecular weight is 364 g/mol. The van der Waals surface area contributed by atoms with E-state index < -0.39 is 0 Å². The summed E-state index contributed by atoms with van der Waals surface area (Å²) in [4.78, 5) is 14.6. The predicted molar refractivity (Wildman–Crippen MR) is 99.2 cm³/mol. The van der Waals surface area contributed by atoms with Gasteiger partial charge in [-0.15, -0.1) is 24.8 Å². The normalized spacial score (nSPS) is 16.7. The lowest BCUT2D eigenvalue weighted by molar-refractivity contribution is 0.0949. The quantitative estimate of drug-likeness (QED) is 0.861. The number of carbonyl (C=O) groups is 1. The monoisotopic (exact) mass is 363 g/mol. The van der Waals surface area contributed by atoms with Crippen LogP contribution in [0.15, 0.2) is 18.2 Å². The van der Waals surface area contributed by atoms with Crippen LogP contribution in [0.5, 0.6) is 0 Å². The van der Waals surface area contributed by atoms with Gasteiger partial charge >= 0.3 is 0 Å². The molecule has 2 aliphatic rings. The smallest absolute Gasteiger partial charge is 0.251 e.